The van der Waals surface area contributed by atoms with E-state index < -0.39 is 17.5 Å². The van der Waals surface area contributed by atoms with Crippen molar-refractivity contribution in [2.45, 2.75) is 0 Å². The van der Waals surface area contributed by atoms with Gasteiger partial charge >= 0.3 is 0 Å². The molecule has 3 aromatic rings. The number of nitrogens with zero attached hydrogens (tertiary/aromatic N) is 1. The number of aromatic nitrogens is 1. The van der Waals surface area contributed by atoms with Crippen LogP contribution >= 0.6 is 11.3 Å². The normalized spacial score (nSPS) is 10.5. The molecule has 2 aromatic carbocycles. The Morgan fingerprint density at radius 3 is 2.52 bits per heavy atom. The molecule has 1 heterocycles. The first-order valence-electron chi connectivity index (χ1n) is 6.61. The number of anilines is 2. The summed E-state index contributed by atoms with van der Waals surface area (Å²) in [5.41, 5.74) is 7.86. The van der Waals surface area contributed by atoms with Crippen molar-refractivity contribution in [1.82, 2.24) is 4.98 Å². The van der Waals surface area contributed by atoms with Crippen LogP contribution in [0.25, 0.3) is 11.3 Å². The smallest absolute Gasteiger partial charge is 0.257 e. The minimum Gasteiger partial charge on any atom is -0.399 e. The molecule has 0 spiro atoms. The third-order valence-electron chi connectivity index (χ3n) is 3.11. The molecule has 0 aliphatic carbocycles. The maximum atomic E-state index is 13.2. The highest BCUT2D eigenvalue weighted by molar-refractivity contribution is 7.14. The van der Waals surface area contributed by atoms with Crippen molar-refractivity contribution < 1.29 is 13.6 Å². The molecule has 0 atom stereocenters. The van der Waals surface area contributed by atoms with Crippen LogP contribution in [-0.4, -0.2) is 10.9 Å². The van der Waals surface area contributed by atoms with Crippen molar-refractivity contribution in [3.05, 3.63) is 65.0 Å². The van der Waals surface area contributed by atoms with E-state index in [0.29, 0.717) is 16.5 Å². The number of rotatable bonds is 3. The zero-order valence-corrected chi connectivity index (χ0v) is 12.5. The average molecular weight is 331 g/mol. The maximum absolute atomic E-state index is 13.2. The van der Waals surface area contributed by atoms with Crippen molar-refractivity contribution in [2.75, 3.05) is 11.1 Å². The lowest BCUT2D eigenvalue weighted by molar-refractivity contribution is 0.102. The van der Waals surface area contributed by atoms with Crippen molar-refractivity contribution in [3.63, 3.8) is 0 Å². The Balaban J connectivity index is 1.77. The van der Waals surface area contributed by atoms with Crippen molar-refractivity contribution >= 4 is 28.1 Å². The summed E-state index contributed by atoms with van der Waals surface area (Å²) in [4.78, 5) is 16.3. The lowest BCUT2D eigenvalue weighted by Crippen LogP contribution is -2.12. The molecule has 116 valence electrons. The number of benzene rings is 2. The van der Waals surface area contributed by atoms with Gasteiger partial charge in [-0.2, -0.15) is 0 Å². The van der Waals surface area contributed by atoms with Crippen molar-refractivity contribution in [1.29, 1.82) is 0 Å². The second kappa shape index (κ2) is 6.13. The summed E-state index contributed by atoms with van der Waals surface area (Å²) < 4.78 is 26.0. The van der Waals surface area contributed by atoms with Gasteiger partial charge in [-0.15, -0.1) is 11.3 Å². The highest BCUT2D eigenvalue weighted by Gasteiger charge is 2.12. The molecule has 0 fully saturated rings. The molecule has 0 aliphatic heterocycles. The van der Waals surface area contributed by atoms with Crippen LogP contribution in [0.2, 0.25) is 0 Å². The zero-order valence-electron chi connectivity index (χ0n) is 11.7. The Morgan fingerprint density at radius 2 is 1.83 bits per heavy atom. The first-order chi connectivity index (χ1) is 11.0. The summed E-state index contributed by atoms with van der Waals surface area (Å²) >= 11 is 1.24. The summed E-state index contributed by atoms with van der Waals surface area (Å²) in [6.07, 6.45) is 0. The van der Waals surface area contributed by atoms with Crippen LogP contribution < -0.4 is 11.1 Å². The topological polar surface area (TPSA) is 68.0 Å². The number of nitrogen functional groups attached to an aromatic ring is 1. The molecule has 4 nitrogen and oxygen atoms in total. The van der Waals surface area contributed by atoms with E-state index in [0.717, 1.165) is 17.7 Å². The monoisotopic (exact) mass is 331 g/mol. The van der Waals surface area contributed by atoms with Gasteiger partial charge in [-0.3, -0.25) is 10.1 Å². The summed E-state index contributed by atoms with van der Waals surface area (Å²) in [6, 6.07) is 10.1. The summed E-state index contributed by atoms with van der Waals surface area (Å²) in [5.74, 6) is -2.62. The number of hydrogen-bond donors (Lipinski definition) is 2. The van der Waals surface area contributed by atoms with Crippen LogP contribution in [-0.2, 0) is 0 Å². The fraction of sp³-hybridized carbons (Fsp3) is 0. The van der Waals surface area contributed by atoms with E-state index in [-0.39, 0.29) is 5.56 Å². The molecule has 3 N–H and O–H groups in total. The van der Waals surface area contributed by atoms with E-state index >= 15 is 0 Å². The van der Waals surface area contributed by atoms with Crippen LogP contribution in [0.5, 0.6) is 0 Å². The van der Waals surface area contributed by atoms with Gasteiger partial charge in [-0.25, -0.2) is 13.8 Å². The SMILES string of the molecule is Nc1ccc(-c2csc(NC(=O)c3ccc(F)c(F)c3)n2)cc1. The predicted molar refractivity (Wildman–Crippen MR) is 86.3 cm³/mol. The Morgan fingerprint density at radius 1 is 1.09 bits per heavy atom. The molecule has 0 saturated carbocycles. The van der Waals surface area contributed by atoms with Gasteiger partial charge in [-0.05, 0) is 30.3 Å². The van der Waals surface area contributed by atoms with E-state index in [4.69, 9.17) is 5.73 Å². The molecule has 0 bridgehead atoms. The molecular formula is C16H11F2N3OS. The molecule has 1 amide bonds. The van der Waals surface area contributed by atoms with Crippen molar-refractivity contribution in [3.8, 4) is 11.3 Å². The second-order valence-electron chi connectivity index (χ2n) is 4.74. The largest absolute Gasteiger partial charge is 0.399 e. The zero-order chi connectivity index (χ0) is 16.4. The Labute approximate surface area is 134 Å². The highest BCUT2D eigenvalue weighted by atomic mass is 32.1. The summed E-state index contributed by atoms with van der Waals surface area (Å²) in [7, 11) is 0. The van der Waals surface area contributed by atoms with Crippen molar-refractivity contribution in [2.24, 2.45) is 0 Å². The quantitative estimate of drug-likeness (QED) is 0.715. The van der Waals surface area contributed by atoms with Gasteiger partial charge in [0.15, 0.2) is 16.8 Å². The molecule has 0 unspecified atom stereocenters. The molecule has 0 saturated heterocycles. The number of carbonyl (C=O) groups is 1. The minimum atomic E-state index is -1.07. The van der Waals surface area contributed by atoms with E-state index in [1.165, 1.54) is 17.4 Å². The number of hydrogen-bond acceptors (Lipinski definition) is 4. The fourth-order valence-electron chi connectivity index (χ4n) is 1.92. The van der Waals surface area contributed by atoms with Gasteiger partial charge in [0.05, 0.1) is 5.69 Å². The maximum Gasteiger partial charge on any atom is 0.257 e. The standard InChI is InChI=1S/C16H11F2N3OS/c17-12-6-3-10(7-13(12)18)15(22)21-16-20-14(8-23-16)9-1-4-11(19)5-2-9/h1-8H,19H2,(H,20,21,22). The average Bonchev–Trinajstić information content (AvgIpc) is 2.99. The fourth-order valence-corrected chi connectivity index (χ4v) is 2.64. The third kappa shape index (κ3) is 3.35. The summed E-state index contributed by atoms with van der Waals surface area (Å²) in [6.45, 7) is 0. The molecule has 0 radical (unpaired) electrons. The highest BCUT2D eigenvalue weighted by Crippen LogP contribution is 2.26. The van der Waals surface area contributed by atoms with E-state index in [9.17, 15) is 13.6 Å². The van der Waals surface area contributed by atoms with Crippen LogP contribution in [0.15, 0.2) is 47.8 Å². The number of nitrogens with one attached hydrogen (secondary N) is 1. The summed E-state index contributed by atoms with van der Waals surface area (Å²) in [5, 5.41) is 4.71. The third-order valence-corrected chi connectivity index (χ3v) is 3.87. The van der Waals surface area contributed by atoms with Gasteiger partial charge in [0.2, 0.25) is 0 Å². The lowest BCUT2D eigenvalue weighted by Gasteiger charge is -2.02. The van der Waals surface area contributed by atoms with Gasteiger partial charge in [0, 0.05) is 22.2 Å². The van der Waals surface area contributed by atoms with Gasteiger partial charge in [0.25, 0.3) is 5.91 Å². The first-order valence-corrected chi connectivity index (χ1v) is 7.49. The predicted octanol–water partition coefficient (Wildman–Crippen LogP) is 3.92. The number of carbonyl (C=O) groups excluding carboxylic acids is 1. The van der Waals surface area contributed by atoms with Crippen LogP contribution in [0, 0.1) is 11.6 Å². The van der Waals surface area contributed by atoms with Gasteiger partial charge in [0.1, 0.15) is 0 Å². The molecule has 3 rings (SSSR count). The Hall–Kier alpha value is -2.80. The van der Waals surface area contributed by atoms with E-state index in [2.05, 4.69) is 10.3 Å². The van der Waals surface area contributed by atoms with E-state index in [1.54, 1.807) is 17.5 Å². The molecule has 0 aliphatic rings. The van der Waals surface area contributed by atoms with E-state index in [1.807, 2.05) is 12.1 Å². The first kappa shape index (κ1) is 15.1. The van der Waals surface area contributed by atoms with Crippen LogP contribution in [0.1, 0.15) is 10.4 Å². The van der Waals surface area contributed by atoms with Crippen LogP contribution in [0.4, 0.5) is 19.6 Å². The number of halogens is 2. The van der Waals surface area contributed by atoms with Gasteiger partial charge in [-0.1, -0.05) is 12.1 Å². The number of amides is 1. The molecular weight excluding hydrogens is 320 g/mol. The second-order valence-corrected chi connectivity index (χ2v) is 5.60. The van der Waals surface area contributed by atoms with Gasteiger partial charge < -0.3 is 5.73 Å². The lowest BCUT2D eigenvalue weighted by atomic mass is 10.1. The molecule has 7 heteroatoms. The molecule has 23 heavy (non-hydrogen) atoms. The molecule has 1 aromatic heterocycles. The Bertz CT molecular complexity index is 862. The van der Waals surface area contributed by atoms with Crippen LogP contribution in [0.3, 0.4) is 0 Å². The number of nitrogens with two attached hydrogens (primary N) is 1. The Kier molecular flexibility index (Phi) is 4.03. The minimum absolute atomic E-state index is 0.0214. The number of thiazole rings is 1.